The number of hydrogen-bond donors (Lipinski definition) is 2. The van der Waals surface area contributed by atoms with Gasteiger partial charge < -0.3 is 4.74 Å². The number of nitrogens with zero attached hydrogens (tertiary/aromatic N) is 1. The lowest BCUT2D eigenvalue weighted by atomic mass is 10.0. The Balaban J connectivity index is 2.10. The van der Waals surface area contributed by atoms with Crippen molar-refractivity contribution in [3.63, 3.8) is 0 Å². The number of ether oxygens (including phenoxy) is 1. The van der Waals surface area contributed by atoms with E-state index >= 15 is 0 Å². The van der Waals surface area contributed by atoms with Crippen LogP contribution < -0.4 is 16.0 Å². The minimum Gasteiger partial charge on any atom is -0.481 e. The van der Waals surface area contributed by atoms with Crippen molar-refractivity contribution < 1.29 is 4.74 Å². The van der Waals surface area contributed by atoms with Gasteiger partial charge in [-0.25, -0.2) is 4.98 Å². The monoisotopic (exact) mass is 263 g/mol. The number of methoxy groups -OCH3 is 1. The van der Waals surface area contributed by atoms with E-state index in [-0.39, 0.29) is 6.04 Å². The topological polar surface area (TPSA) is 60.2 Å². The van der Waals surface area contributed by atoms with Crippen molar-refractivity contribution in [2.75, 3.05) is 7.11 Å². The SMILES string of the molecule is COc1ccc(CC(NN)c2csc(C)c2)cn1. The molecule has 0 fully saturated rings. The fourth-order valence-electron chi connectivity index (χ4n) is 1.81. The third kappa shape index (κ3) is 3.07. The molecule has 0 aliphatic rings. The van der Waals surface area contributed by atoms with Crippen molar-refractivity contribution in [3.05, 3.63) is 45.8 Å². The van der Waals surface area contributed by atoms with Gasteiger partial charge in [-0.2, -0.15) is 0 Å². The van der Waals surface area contributed by atoms with Crippen LogP contribution in [0.4, 0.5) is 0 Å². The van der Waals surface area contributed by atoms with Gasteiger partial charge in [0.2, 0.25) is 5.88 Å². The van der Waals surface area contributed by atoms with Gasteiger partial charge >= 0.3 is 0 Å². The first kappa shape index (κ1) is 13.0. The van der Waals surface area contributed by atoms with Crippen LogP contribution in [-0.2, 0) is 6.42 Å². The average Bonchev–Trinajstić information content (AvgIpc) is 2.83. The summed E-state index contributed by atoms with van der Waals surface area (Å²) in [6.07, 6.45) is 2.63. The molecule has 18 heavy (non-hydrogen) atoms. The first-order valence-electron chi connectivity index (χ1n) is 5.73. The summed E-state index contributed by atoms with van der Waals surface area (Å²) in [4.78, 5) is 5.49. The maximum atomic E-state index is 5.63. The van der Waals surface area contributed by atoms with Crippen LogP contribution in [0.2, 0.25) is 0 Å². The van der Waals surface area contributed by atoms with Gasteiger partial charge in [-0.15, -0.1) is 11.3 Å². The average molecular weight is 263 g/mol. The van der Waals surface area contributed by atoms with Gasteiger partial charge in [0.15, 0.2) is 0 Å². The zero-order chi connectivity index (χ0) is 13.0. The van der Waals surface area contributed by atoms with E-state index in [1.807, 2.05) is 18.3 Å². The summed E-state index contributed by atoms with van der Waals surface area (Å²) in [6.45, 7) is 2.09. The fourth-order valence-corrected chi connectivity index (χ4v) is 2.57. The molecule has 0 aliphatic heterocycles. The second-order valence-corrected chi connectivity index (χ2v) is 5.24. The van der Waals surface area contributed by atoms with E-state index in [0.717, 1.165) is 12.0 Å². The molecule has 96 valence electrons. The fraction of sp³-hybridized carbons (Fsp3) is 0.308. The molecule has 0 amide bonds. The number of aryl methyl sites for hydroxylation is 1. The quantitative estimate of drug-likeness (QED) is 0.641. The molecule has 0 bridgehead atoms. The Morgan fingerprint density at radius 1 is 1.50 bits per heavy atom. The Kier molecular flexibility index (Phi) is 4.30. The third-order valence-corrected chi connectivity index (χ3v) is 3.68. The van der Waals surface area contributed by atoms with E-state index in [2.05, 4.69) is 28.8 Å². The molecule has 1 atom stereocenters. The van der Waals surface area contributed by atoms with Crippen molar-refractivity contribution in [2.24, 2.45) is 5.84 Å². The molecule has 3 N–H and O–H groups in total. The van der Waals surface area contributed by atoms with Crippen molar-refractivity contribution in [2.45, 2.75) is 19.4 Å². The number of hydrazine groups is 1. The van der Waals surface area contributed by atoms with Gasteiger partial charge in [0, 0.05) is 17.1 Å². The molecule has 5 heteroatoms. The zero-order valence-corrected chi connectivity index (χ0v) is 11.3. The number of aromatic nitrogens is 1. The van der Waals surface area contributed by atoms with Crippen molar-refractivity contribution in [1.82, 2.24) is 10.4 Å². The summed E-state index contributed by atoms with van der Waals surface area (Å²) in [5.41, 5.74) is 5.20. The lowest BCUT2D eigenvalue weighted by Gasteiger charge is -2.14. The minimum atomic E-state index is 0.116. The van der Waals surface area contributed by atoms with E-state index in [4.69, 9.17) is 10.6 Å². The van der Waals surface area contributed by atoms with E-state index in [0.29, 0.717) is 5.88 Å². The van der Waals surface area contributed by atoms with E-state index in [1.54, 1.807) is 18.4 Å². The molecule has 2 rings (SSSR count). The van der Waals surface area contributed by atoms with E-state index in [1.165, 1.54) is 10.4 Å². The lowest BCUT2D eigenvalue weighted by Crippen LogP contribution is -2.29. The van der Waals surface area contributed by atoms with Crippen LogP contribution in [0.25, 0.3) is 0 Å². The summed E-state index contributed by atoms with van der Waals surface area (Å²) >= 11 is 1.73. The van der Waals surface area contributed by atoms with Gasteiger partial charge in [-0.3, -0.25) is 11.3 Å². The first-order valence-corrected chi connectivity index (χ1v) is 6.61. The van der Waals surface area contributed by atoms with Crippen LogP contribution >= 0.6 is 11.3 Å². The van der Waals surface area contributed by atoms with Gasteiger partial charge in [-0.1, -0.05) is 6.07 Å². The summed E-state index contributed by atoms with van der Waals surface area (Å²) < 4.78 is 5.04. The molecule has 0 saturated carbocycles. The van der Waals surface area contributed by atoms with Crippen molar-refractivity contribution in [3.8, 4) is 5.88 Å². The van der Waals surface area contributed by atoms with Crippen LogP contribution in [0, 0.1) is 6.92 Å². The normalized spacial score (nSPS) is 12.4. The summed E-state index contributed by atoms with van der Waals surface area (Å²) in [5, 5.41) is 2.14. The largest absolute Gasteiger partial charge is 0.481 e. The van der Waals surface area contributed by atoms with Crippen molar-refractivity contribution >= 4 is 11.3 Å². The van der Waals surface area contributed by atoms with Gasteiger partial charge in [0.1, 0.15) is 0 Å². The maximum Gasteiger partial charge on any atom is 0.212 e. The van der Waals surface area contributed by atoms with Gasteiger partial charge in [0.25, 0.3) is 0 Å². The van der Waals surface area contributed by atoms with Crippen LogP contribution in [0.3, 0.4) is 0 Å². The highest BCUT2D eigenvalue weighted by Crippen LogP contribution is 2.23. The summed E-state index contributed by atoms with van der Waals surface area (Å²) in [6, 6.07) is 6.15. The lowest BCUT2D eigenvalue weighted by molar-refractivity contribution is 0.397. The summed E-state index contributed by atoms with van der Waals surface area (Å²) in [7, 11) is 1.61. The Morgan fingerprint density at radius 2 is 2.33 bits per heavy atom. The first-order chi connectivity index (χ1) is 8.72. The minimum absolute atomic E-state index is 0.116. The standard InChI is InChI=1S/C13H17N3OS/c1-9-5-11(8-18-9)12(16-14)6-10-3-4-13(17-2)15-7-10/h3-5,7-8,12,16H,6,14H2,1-2H3. The number of thiophene rings is 1. The number of pyridine rings is 1. The number of nitrogens with one attached hydrogen (secondary N) is 1. The van der Waals surface area contributed by atoms with Crippen LogP contribution in [-0.4, -0.2) is 12.1 Å². The van der Waals surface area contributed by atoms with Gasteiger partial charge in [-0.05, 0) is 35.9 Å². The molecule has 4 nitrogen and oxygen atoms in total. The Morgan fingerprint density at radius 3 is 2.83 bits per heavy atom. The molecule has 0 radical (unpaired) electrons. The molecule has 0 aromatic carbocycles. The molecule has 2 aromatic rings. The smallest absolute Gasteiger partial charge is 0.212 e. The Hall–Kier alpha value is -1.43. The number of hydrogen-bond acceptors (Lipinski definition) is 5. The molecule has 2 aromatic heterocycles. The second-order valence-electron chi connectivity index (χ2n) is 4.12. The van der Waals surface area contributed by atoms with E-state index < -0.39 is 0 Å². The van der Waals surface area contributed by atoms with Crippen molar-refractivity contribution in [1.29, 1.82) is 0 Å². The Labute approximate surface area is 111 Å². The highest BCUT2D eigenvalue weighted by molar-refractivity contribution is 7.10. The van der Waals surface area contributed by atoms with E-state index in [9.17, 15) is 0 Å². The molecular weight excluding hydrogens is 246 g/mol. The highest BCUT2D eigenvalue weighted by Gasteiger charge is 2.12. The Bertz CT molecular complexity index is 495. The highest BCUT2D eigenvalue weighted by atomic mass is 32.1. The molecular formula is C13H17N3OS. The van der Waals surface area contributed by atoms with Crippen LogP contribution in [0.5, 0.6) is 5.88 Å². The molecule has 0 saturated heterocycles. The molecule has 0 aliphatic carbocycles. The number of rotatable bonds is 5. The van der Waals surface area contributed by atoms with Gasteiger partial charge in [0.05, 0.1) is 13.2 Å². The molecule has 0 spiro atoms. The maximum absolute atomic E-state index is 5.63. The third-order valence-electron chi connectivity index (χ3n) is 2.80. The number of nitrogens with two attached hydrogens (primary N) is 1. The zero-order valence-electron chi connectivity index (χ0n) is 10.5. The van der Waals surface area contributed by atoms with Crippen LogP contribution in [0.1, 0.15) is 22.0 Å². The summed E-state index contributed by atoms with van der Waals surface area (Å²) in [5.74, 6) is 6.25. The second kappa shape index (κ2) is 5.95. The molecule has 1 unspecified atom stereocenters. The van der Waals surface area contributed by atoms with Crippen LogP contribution in [0.15, 0.2) is 29.8 Å². The predicted octanol–water partition coefficient (Wildman–Crippen LogP) is 2.21. The molecule has 2 heterocycles. The predicted molar refractivity (Wildman–Crippen MR) is 73.6 cm³/mol.